The molecule has 8 nitrogen and oxygen atoms in total. The van der Waals surface area contributed by atoms with Crippen molar-refractivity contribution in [2.24, 2.45) is 0 Å². The number of hydrogen-bond donors (Lipinski definition) is 2. The number of carbonyl (C=O) groups excluding carboxylic acids is 2. The van der Waals surface area contributed by atoms with Gasteiger partial charge in [-0.3, -0.25) is 14.6 Å². The molecule has 6 rings (SSSR count). The summed E-state index contributed by atoms with van der Waals surface area (Å²) in [4.78, 5) is 35.6. The van der Waals surface area contributed by atoms with Gasteiger partial charge in [-0.05, 0) is 66.3 Å². The van der Waals surface area contributed by atoms with Crippen molar-refractivity contribution >= 4 is 22.7 Å². The molecule has 2 N–H and O–H groups in total. The SMILES string of the molecule is Cc1ncc2c(c1CNC(=O)c1ccc3c(c1)OCO3)CCN(C(=O)CCc1c[nH]c3ccccc13)C2. The molecule has 0 aliphatic carbocycles. The maximum Gasteiger partial charge on any atom is 0.251 e. The molecule has 4 heterocycles. The van der Waals surface area contributed by atoms with Crippen LogP contribution in [0.3, 0.4) is 0 Å². The Labute approximate surface area is 214 Å². The minimum atomic E-state index is -0.180. The average Bonchev–Trinajstić information content (AvgIpc) is 3.57. The molecule has 0 fully saturated rings. The molecule has 0 spiro atoms. The number of ether oxygens (including phenoxy) is 2. The Balaban J connectivity index is 1.10. The molecule has 0 saturated heterocycles. The average molecular weight is 497 g/mol. The van der Waals surface area contributed by atoms with Gasteiger partial charge in [0.1, 0.15) is 0 Å². The Hall–Kier alpha value is -4.33. The Morgan fingerprint density at radius 2 is 2.00 bits per heavy atom. The second-order valence-electron chi connectivity index (χ2n) is 9.50. The van der Waals surface area contributed by atoms with Gasteiger partial charge in [0.25, 0.3) is 5.91 Å². The number of nitrogens with zero attached hydrogens (tertiary/aromatic N) is 2. The first-order valence-electron chi connectivity index (χ1n) is 12.5. The zero-order valence-corrected chi connectivity index (χ0v) is 20.7. The van der Waals surface area contributed by atoms with Gasteiger partial charge in [-0.15, -0.1) is 0 Å². The third kappa shape index (κ3) is 4.50. The van der Waals surface area contributed by atoms with E-state index in [0.29, 0.717) is 49.5 Å². The number of para-hydroxylation sites is 1. The highest BCUT2D eigenvalue weighted by Gasteiger charge is 2.24. The number of hydrogen-bond acceptors (Lipinski definition) is 5. The smallest absolute Gasteiger partial charge is 0.251 e. The highest BCUT2D eigenvalue weighted by atomic mass is 16.7. The van der Waals surface area contributed by atoms with E-state index in [9.17, 15) is 9.59 Å². The molecule has 2 amide bonds. The van der Waals surface area contributed by atoms with E-state index in [2.05, 4.69) is 21.4 Å². The fourth-order valence-electron chi connectivity index (χ4n) is 5.22. The lowest BCUT2D eigenvalue weighted by atomic mass is 9.94. The second-order valence-corrected chi connectivity index (χ2v) is 9.50. The van der Waals surface area contributed by atoms with Crippen molar-refractivity contribution in [1.29, 1.82) is 0 Å². The van der Waals surface area contributed by atoms with Gasteiger partial charge in [0, 0.05) is 60.6 Å². The van der Waals surface area contributed by atoms with Crippen LogP contribution in [-0.4, -0.2) is 40.0 Å². The fraction of sp³-hybridized carbons (Fsp3) is 0.276. The minimum absolute atomic E-state index is 0.147. The summed E-state index contributed by atoms with van der Waals surface area (Å²) in [6.45, 7) is 3.71. The molecular formula is C29H28N4O4. The van der Waals surface area contributed by atoms with E-state index < -0.39 is 0 Å². The Kier molecular flexibility index (Phi) is 6.00. The van der Waals surface area contributed by atoms with Crippen LogP contribution in [0.2, 0.25) is 0 Å². The Morgan fingerprint density at radius 3 is 2.92 bits per heavy atom. The van der Waals surface area contributed by atoms with Crippen molar-refractivity contribution in [3.63, 3.8) is 0 Å². The molecule has 2 aromatic heterocycles. The summed E-state index contributed by atoms with van der Waals surface area (Å²) in [5.41, 5.74) is 6.92. The largest absolute Gasteiger partial charge is 0.454 e. The summed E-state index contributed by atoms with van der Waals surface area (Å²) in [5, 5.41) is 4.20. The molecule has 0 unspecified atom stereocenters. The number of fused-ring (bicyclic) bond motifs is 3. The lowest BCUT2D eigenvalue weighted by molar-refractivity contribution is -0.132. The van der Waals surface area contributed by atoms with E-state index in [1.807, 2.05) is 42.4 Å². The summed E-state index contributed by atoms with van der Waals surface area (Å²) >= 11 is 0. The van der Waals surface area contributed by atoms with E-state index in [4.69, 9.17) is 9.47 Å². The van der Waals surface area contributed by atoms with Gasteiger partial charge in [-0.25, -0.2) is 0 Å². The molecule has 2 aliphatic heterocycles. The summed E-state index contributed by atoms with van der Waals surface area (Å²) < 4.78 is 10.7. The first-order chi connectivity index (χ1) is 18.1. The van der Waals surface area contributed by atoms with Gasteiger partial charge in [0.2, 0.25) is 12.7 Å². The van der Waals surface area contributed by atoms with E-state index in [1.54, 1.807) is 18.2 Å². The molecule has 8 heteroatoms. The van der Waals surface area contributed by atoms with Gasteiger partial charge in [0.05, 0.1) is 0 Å². The third-order valence-corrected chi connectivity index (χ3v) is 7.29. The molecule has 37 heavy (non-hydrogen) atoms. The van der Waals surface area contributed by atoms with Crippen LogP contribution < -0.4 is 14.8 Å². The Morgan fingerprint density at radius 1 is 1.14 bits per heavy atom. The van der Waals surface area contributed by atoms with E-state index >= 15 is 0 Å². The molecule has 0 radical (unpaired) electrons. The summed E-state index contributed by atoms with van der Waals surface area (Å²) in [6.07, 6.45) is 5.78. The van der Waals surface area contributed by atoms with Crippen LogP contribution in [0.5, 0.6) is 11.5 Å². The molecule has 0 atom stereocenters. The summed E-state index contributed by atoms with van der Waals surface area (Å²) in [6, 6.07) is 13.3. The fourth-order valence-corrected chi connectivity index (χ4v) is 5.22. The molecule has 0 bridgehead atoms. The van der Waals surface area contributed by atoms with Crippen molar-refractivity contribution in [1.82, 2.24) is 20.2 Å². The number of aryl methyl sites for hydroxylation is 2. The van der Waals surface area contributed by atoms with Gasteiger partial charge in [-0.2, -0.15) is 0 Å². The Bertz CT molecular complexity index is 1510. The summed E-state index contributed by atoms with van der Waals surface area (Å²) in [5.74, 6) is 1.20. The van der Waals surface area contributed by atoms with Crippen molar-refractivity contribution < 1.29 is 19.1 Å². The molecular weight excluding hydrogens is 468 g/mol. The normalized spacial score (nSPS) is 14.0. The molecule has 188 valence electrons. The van der Waals surface area contributed by atoms with Crippen molar-refractivity contribution in [2.75, 3.05) is 13.3 Å². The van der Waals surface area contributed by atoms with Crippen LogP contribution in [0, 0.1) is 6.92 Å². The number of amides is 2. The topological polar surface area (TPSA) is 96.6 Å². The van der Waals surface area contributed by atoms with Crippen LogP contribution >= 0.6 is 0 Å². The molecule has 2 aliphatic rings. The van der Waals surface area contributed by atoms with E-state index in [0.717, 1.165) is 28.8 Å². The maximum absolute atomic E-state index is 13.1. The highest BCUT2D eigenvalue weighted by molar-refractivity contribution is 5.95. The number of H-pyrrole nitrogens is 1. The van der Waals surface area contributed by atoms with Crippen LogP contribution in [0.1, 0.15) is 44.7 Å². The van der Waals surface area contributed by atoms with Gasteiger partial charge in [-0.1, -0.05) is 18.2 Å². The predicted octanol–water partition coefficient (Wildman–Crippen LogP) is 4.05. The number of aromatic nitrogens is 2. The van der Waals surface area contributed by atoms with Crippen molar-refractivity contribution in [2.45, 2.75) is 39.3 Å². The van der Waals surface area contributed by atoms with Crippen LogP contribution in [0.4, 0.5) is 0 Å². The molecule has 2 aromatic carbocycles. The highest BCUT2D eigenvalue weighted by Crippen LogP contribution is 2.32. The van der Waals surface area contributed by atoms with Gasteiger partial charge in [0.15, 0.2) is 11.5 Å². The number of nitrogens with one attached hydrogen (secondary N) is 2. The number of rotatable bonds is 6. The van der Waals surface area contributed by atoms with Crippen LogP contribution in [0.15, 0.2) is 54.9 Å². The number of pyridine rings is 1. The quantitative estimate of drug-likeness (QED) is 0.420. The first-order valence-corrected chi connectivity index (χ1v) is 12.5. The summed E-state index contributed by atoms with van der Waals surface area (Å²) in [7, 11) is 0. The number of benzene rings is 2. The zero-order valence-electron chi connectivity index (χ0n) is 20.7. The minimum Gasteiger partial charge on any atom is -0.454 e. The molecule has 0 saturated carbocycles. The van der Waals surface area contributed by atoms with E-state index in [1.165, 1.54) is 16.5 Å². The molecule has 4 aromatic rings. The van der Waals surface area contributed by atoms with E-state index in [-0.39, 0.29) is 18.6 Å². The first kappa shape index (κ1) is 23.1. The number of carbonyl (C=O) groups is 2. The lowest BCUT2D eigenvalue weighted by Gasteiger charge is -2.30. The van der Waals surface area contributed by atoms with Crippen LogP contribution in [0.25, 0.3) is 10.9 Å². The maximum atomic E-state index is 13.1. The van der Waals surface area contributed by atoms with Gasteiger partial charge < -0.3 is 24.7 Å². The zero-order chi connectivity index (χ0) is 25.4. The second kappa shape index (κ2) is 9.61. The van der Waals surface area contributed by atoms with Crippen molar-refractivity contribution in [3.8, 4) is 11.5 Å². The predicted molar refractivity (Wildman–Crippen MR) is 138 cm³/mol. The monoisotopic (exact) mass is 496 g/mol. The number of aromatic amines is 1. The third-order valence-electron chi connectivity index (χ3n) is 7.29. The van der Waals surface area contributed by atoms with Crippen LogP contribution in [-0.2, 0) is 30.7 Å². The van der Waals surface area contributed by atoms with Gasteiger partial charge >= 0.3 is 0 Å². The lowest BCUT2D eigenvalue weighted by Crippen LogP contribution is -2.37. The van der Waals surface area contributed by atoms with Crippen molar-refractivity contribution in [3.05, 3.63) is 88.4 Å². The standard InChI is InChI=1S/C29H28N4O4/c1-18-24(15-32-29(35)19-6-8-26-27(12-19)37-17-36-26)22-10-11-33(16-21(22)14-30-18)28(34)9-7-20-13-31-25-5-3-2-4-23(20)25/h2-6,8,12-14,31H,7,9-11,15-17H2,1H3,(H,32,35).